The maximum atomic E-state index is 12.3. The Morgan fingerprint density at radius 3 is 2.71 bits per heavy atom. The van der Waals surface area contributed by atoms with Crippen LogP contribution in [0.1, 0.15) is 12.7 Å². The monoisotopic (exact) mass is 310 g/mol. The second kappa shape index (κ2) is 5.65. The summed E-state index contributed by atoms with van der Waals surface area (Å²) in [5.41, 5.74) is 6.50. The second-order valence-corrected chi connectivity index (χ2v) is 6.10. The molecule has 3 N–H and O–H groups in total. The van der Waals surface area contributed by atoms with Crippen LogP contribution in [0.15, 0.2) is 29.4 Å². The first-order valence-corrected chi connectivity index (χ1v) is 7.85. The van der Waals surface area contributed by atoms with Gasteiger partial charge in [-0.3, -0.25) is 4.72 Å². The zero-order valence-corrected chi connectivity index (χ0v) is 12.9. The van der Waals surface area contributed by atoms with Gasteiger partial charge in [0.2, 0.25) is 0 Å². The number of imidazole rings is 1. The summed E-state index contributed by atoms with van der Waals surface area (Å²) in [4.78, 5) is 4.07. The standard InChI is InChI=1S/C13H18N4O3S/c1-4-17-8-13(15-9(17)2)21(18,19)16-10-5-6-11(14)12(7-10)20-3/h5-8,16H,4,14H2,1-3H3. The number of aromatic nitrogens is 2. The highest BCUT2D eigenvalue weighted by atomic mass is 32.2. The molecule has 114 valence electrons. The lowest BCUT2D eigenvalue weighted by Gasteiger charge is -2.09. The molecule has 2 aromatic rings. The minimum Gasteiger partial charge on any atom is -0.495 e. The van der Waals surface area contributed by atoms with Crippen molar-refractivity contribution < 1.29 is 13.2 Å². The normalized spacial score (nSPS) is 11.4. The van der Waals surface area contributed by atoms with Crippen LogP contribution in [0.2, 0.25) is 0 Å². The first-order chi connectivity index (χ1) is 9.87. The average Bonchev–Trinajstić information content (AvgIpc) is 2.82. The summed E-state index contributed by atoms with van der Waals surface area (Å²) in [5, 5.41) is -0.0161. The molecule has 21 heavy (non-hydrogen) atoms. The van der Waals surface area contributed by atoms with Crippen molar-refractivity contribution >= 4 is 21.4 Å². The molecular weight excluding hydrogens is 292 g/mol. The van der Waals surface area contributed by atoms with Gasteiger partial charge in [-0.25, -0.2) is 4.98 Å². The molecule has 0 radical (unpaired) electrons. The topological polar surface area (TPSA) is 99.2 Å². The molecule has 0 aliphatic heterocycles. The van der Waals surface area contributed by atoms with Crippen LogP contribution < -0.4 is 15.2 Å². The number of nitrogen functional groups attached to an aromatic ring is 1. The molecule has 0 bridgehead atoms. The third-order valence-electron chi connectivity index (χ3n) is 3.06. The van der Waals surface area contributed by atoms with Crippen molar-refractivity contribution in [3.8, 4) is 5.75 Å². The number of aryl methyl sites for hydroxylation is 2. The number of hydrogen-bond acceptors (Lipinski definition) is 5. The zero-order valence-electron chi connectivity index (χ0n) is 12.1. The smallest absolute Gasteiger partial charge is 0.280 e. The Labute approximate surface area is 123 Å². The average molecular weight is 310 g/mol. The lowest BCUT2D eigenvalue weighted by Crippen LogP contribution is -2.13. The third kappa shape index (κ3) is 3.10. The summed E-state index contributed by atoms with van der Waals surface area (Å²) in [6.45, 7) is 4.34. The van der Waals surface area contributed by atoms with Gasteiger partial charge >= 0.3 is 0 Å². The van der Waals surface area contributed by atoms with Gasteiger partial charge in [0.15, 0.2) is 5.03 Å². The molecule has 7 nitrogen and oxygen atoms in total. The van der Waals surface area contributed by atoms with E-state index in [9.17, 15) is 8.42 Å². The van der Waals surface area contributed by atoms with E-state index in [-0.39, 0.29) is 5.03 Å². The number of ether oxygens (including phenoxy) is 1. The SMILES string of the molecule is CCn1cc(S(=O)(=O)Nc2ccc(N)c(OC)c2)nc1C. The first kappa shape index (κ1) is 15.2. The van der Waals surface area contributed by atoms with Crippen molar-refractivity contribution in [3.63, 3.8) is 0 Å². The molecule has 0 saturated carbocycles. The number of nitrogens with zero attached hydrogens (tertiary/aromatic N) is 2. The van der Waals surface area contributed by atoms with Gasteiger partial charge in [0, 0.05) is 18.8 Å². The Morgan fingerprint density at radius 2 is 2.14 bits per heavy atom. The van der Waals surface area contributed by atoms with Gasteiger partial charge in [0.05, 0.1) is 18.5 Å². The number of sulfonamides is 1. The fraction of sp³-hybridized carbons (Fsp3) is 0.308. The van der Waals surface area contributed by atoms with Crippen LogP contribution >= 0.6 is 0 Å². The van der Waals surface area contributed by atoms with Crippen molar-refractivity contribution in [3.05, 3.63) is 30.2 Å². The van der Waals surface area contributed by atoms with Crippen molar-refractivity contribution in [1.29, 1.82) is 0 Å². The van der Waals surface area contributed by atoms with Crippen molar-refractivity contribution in [1.82, 2.24) is 9.55 Å². The van der Waals surface area contributed by atoms with E-state index in [1.807, 2.05) is 6.92 Å². The van der Waals surface area contributed by atoms with E-state index in [1.165, 1.54) is 19.4 Å². The van der Waals surface area contributed by atoms with Crippen molar-refractivity contribution in [2.75, 3.05) is 17.6 Å². The molecule has 1 aromatic heterocycles. The number of methoxy groups -OCH3 is 1. The van der Waals surface area contributed by atoms with E-state index in [0.29, 0.717) is 29.5 Å². The van der Waals surface area contributed by atoms with Crippen LogP contribution in [0, 0.1) is 6.92 Å². The predicted molar refractivity (Wildman–Crippen MR) is 80.9 cm³/mol. The van der Waals surface area contributed by atoms with Gasteiger partial charge in [-0.1, -0.05) is 0 Å². The summed E-state index contributed by atoms with van der Waals surface area (Å²) >= 11 is 0. The Morgan fingerprint density at radius 1 is 1.43 bits per heavy atom. The summed E-state index contributed by atoms with van der Waals surface area (Å²) in [7, 11) is -2.27. The highest BCUT2D eigenvalue weighted by molar-refractivity contribution is 7.92. The lowest BCUT2D eigenvalue weighted by molar-refractivity contribution is 0.417. The number of hydrogen-bond donors (Lipinski definition) is 2. The molecule has 0 atom stereocenters. The Balaban J connectivity index is 2.32. The molecule has 0 saturated heterocycles. The number of benzene rings is 1. The van der Waals surface area contributed by atoms with E-state index < -0.39 is 10.0 Å². The highest BCUT2D eigenvalue weighted by Crippen LogP contribution is 2.26. The Hall–Kier alpha value is -2.22. The zero-order chi connectivity index (χ0) is 15.6. The molecule has 0 fully saturated rings. The fourth-order valence-electron chi connectivity index (χ4n) is 1.91. The number of nitrogens with one attached hydrogen (secondary N) is 1. The van der Waals surface area contributed by atoms with Crippen LogP contribution in [-0.4, -0.2) is 25.1 Å². The fourth-order valence-corrected chi connectivity index (χ4v) is 2.97. The molecule has 2 rings (SSSR count). The van der Waals surface area contributed by atoms with Gasteiger partial charge in [-0.05, 0) is 26.0 Å². The van der Waals surface area contributed by atoms with Crippen LogP contribution in [0.4, 0.5) is 11.4 Å². The van der Waals surface area contributed by atoms with Gasteiger partial charge in [-0.2, -0.15) is 8.42 Å². The molecule has 0 aliphatic rings. The van der Waals surface area contributed by atoms with Crippen LogP contribution in [0.5, 0.6) is 5.75 Å². The second-order valence-electron chi connectivity index (χ2n) is 4.47. The van der Waals surface area contributed by atoms with Crippen LogP contribution in [0.3, 0.4) is 0 Å². The van der Waals surface area contributed by atoms with Gasteiger partial charge < -0.3 is 15.0 Å². The molecule has 0 aliphatic carbocycles. The summed E-state index contributed by atoms with van der Waals surface area (Å²) in [5.74, 6) is 1.05. The maximum Gasteiger partial charge on any atom is 0.280 e. The molecule has 0 unspecified atom stereocenters. The molecule has 1 aromatic carbocycles. The summed E-state index contributed by atoms with van der Waals surface area (Å²) < 4.78 is 33.9. The third-order valence-corrected chi connectivity index (χ3v) is 4.31. The Kier molecular flexibility index (Phi) is 4.08. The van der Waals surface area contributed by atoms with Crippen molar-refractivity contribution in [2.24, 2.45) is 0 Å². The van der Waals surface area contributed by atoms with Gasteiger partial charge in [0.25, 0.3) is 10.0 Å². The minimum atomic E-state index is -3.74. The summed E-state index contributed by atoms with van der Waals surface area (Å²) in [6, 6.07) is 4.67. The lowest BCUT2D eigenvalue weighted by atomic mass is 10.3. The first-order valence-electron chi connectivity index (χ1n) is 6.37. The molecule has 8 heteroatoms. The van der Waals surface area contributed by atoms with Gasteiger partial charge in [0.1, 0.15) is 11.6 Å². The van der Waals surface area contributed by atoms with E-state index in [4.69, 9.17) is 10.5 Å². The van der Waals surface area contributed by atoms with E-state index in [1.54, 1.807) is 23.6 Å². The maximum absolute atomic E-state index is 12.3. The highest BCUT2D eigenvalue weighted by Gasteiger charge is 2.19. The number of rotatable bonds is 5. The summed E-state index contributed by atoms with van der Waals surface area (Å²) in [6.07, 6.45) is 1.51. The molecule has 0 amide bonds. The van der Waals surface area contributed by atoms with Gasteiger partial charge in [-0.15, -0.1) is 0 Å². The molecule has 0 spiro atoms. The van der Waals surface area contributed by atoms with E-state index >= 15 is 0 Å². The minimum absolute atomic E-state index is 0.0161. The van der Waals surface area contributed by atoms with E-state index in [0.717, 1.165) is 0 Å². The predicted octanol–water partition coefficient (Wildman–Crippen LogP) is 1.60. The number of anilines is 2. The van der Waals surface area contributed by atoms with Crippen LogP contribution in [0.25, 0.3) is 0 Å². The quantitative estimate of drug-likeness (QED) is 0.817. The van der Waals surface area contributed by atoms with E-state index in [2.05, 4.69) is 9.71 Å². The number of nitrogens with two attached hydrogens (primary N) is 1. The van der Waals surface area contributed by atoms with Crippen molar-refractivity contribution in [2.45, 2.75) is 25.4 Å². The molecule has 1 heterocycles. The Bertz CT molecular complexity index is 753. The molecular formula is C13H18N4O3S. The largest absolute Gasteiger partial charge is 0.495 e. The van der Waals surface area contributed by atoms with Crippen LogP contribution in [-0.2, 0) is 16.6 Å².